The van der Waals surface area contributed by atoms with Crippen LogP contribution in [0.25, 0.3) is 5.65 Å². The van der Waals surface area contributed by atoms with Crippen molar-refractivity contribution in [1.29, 1.82) is 5.41 Å². The van der Waals surface area contributed by atoms with Crippen LogP contribution in [0.1, 0.15) is 11.4 Å². The van der Waals surface area contributed by atoms with E-state index in [2.05, 4.69) is 15.2 Å². The van der Waals surface area contributed by atoms with Gasteiger partial charge in [0.2, 0.25) is 5.65 Å². The van der Waals surface area contributed by atoms with Gasteiger partial charge in [0.25, 0.3) is 0 Å². The molecule has 0 aliphatic heterocycles. The molecule has 2 heterocycles. The van der Waals surface area contributed by atoms with Gasteiger partial charge in [-0.05, 0) is 19.1 Å². The summed E-state index contributed by atoms with van der Waals surface area (Å²) in [6.45, 7) is 1.88. The molecule has 0 aliphatic rings. The molecule has 3 rings (SSSR count). The fourth-order valence-electron chi connectivity index (χ4n) is 2.27. The maximum atomic E-state index is 7.70. The van der Waals surface area contributed by atoms with Crippen LogP contribution in [0.4, 0.5) is 11.5 Å². The fourth-order valence-corrected chi connectivity index (χ4v) is 2.27. The minimum absolute atomic E-state index is 0.0158. The lowest BCUT2D eigenvalue weighted by Crippen LogP contribution is -2.19. The van der Waals surface area contributed by atoms with Crippen LogP contribution in [-0.4, -0.2) is 32.5 Å². The Labute approximate surface area is 121 Å². The van der Waals surface area contributed by atoms with E-state index < -0.39 is 0 Å². The zero-order valence-electron chi connectivity index (χ0n) is 11.8. The first-order chi connectivity index (χ1) is 10.1. The molecule has 0 spiro atoms. The molecular weight excluding hydrogens is 266 g/mol. The summed E-state index contributed by atoms with van der Waals surface area (Å²) in [5.74, 6) is 1.47. The van der Waals surface area contributed by atoms with Gasteiger partial charge < -0.3 is 10.6 Å². The Morgan fingerprint density at radius 2 is 2.05 bits per heavy atom. The predicted molar refractivity (Wildman–Crippen MR) is 81.0 cm³/mol. The number of benzene rings is 1. The number of hydrogen-bond acceptors (Lipinski definition) is 5. The number of para-hydroxylation sites is 1. The van der Waals surface area contributed by atoms with Gasteiger partial charge in [-0.1, -0.05) is 12.1 Å². The molecule has 3 aromatic rings. The van der Waals surface area contributed by atoms with Crippen LogP contribution in [0.5, 0.6) is 0 Å². The summed E-state index contributed by atoms with van der Waals surface area (Å²) in [5.41, 5.74) is 7.76. The van der Waals surface area contributed by atoms with Gasteiger partial charge in [0.05, 0.1) is 5.69 Å². The standard InChI is InChI=1S/C14H15N7/c1-9-18-19-14-13(17-7-8-21(9)14)20(2)11-6-4-3-5-10(11)12(15)16/h3-8H,1-2H3,(H3,15,16). The van der Waals surface area contributed by atoms with E-state index in [1.165, 1.54) is 0 Å². The second kappa shape index (κ2) is 4.86. The maximum Gasteiger partial charge on any atom is 0.204 e. The molecule has 7 nitrogen and oxygen atoms in total. The largest absolute Gasteiger partial charge is 0.384 e. The van der Waals surface area contributed by atoms with E-state index in [9.17, 15) is 0 Å². The van der Waals surface area contributed by atoms with E-state index in [0.717, 1.165) is 11.5 Å². The van der Waals surface area contributed by atoms with Crippen LogP contribution < -0.4 is 10.6 Å². The molecule has 0 radical (unpaired) electrons. The van der Waals surface area contributed by atoms with Crippen LogP contribution >= 0.6 is 0 Å². The molecule has 0 saturated carbocycles. The first-order valence-electron chi connectivity index (χ1n) is 6.43. The maximum absolute atomic E-state index is 7.70. The normalized spacial score (nSPS) is 10.8. The summed E-state index contributed by atoms with van der Waals surface area (Å²) < 4.78 is 1.87. The van der Waals surface area contributed by atoms with Crippen LogP contribution in [0.15, 0.2) is 36.7 Å². The highest BCUT2D eigenvalue weighted by Gasteiger charge is 2.16. The summed E-state index contributed by atoms with van der Waals surface area (Å²) in [6.07, 6.45) is 3.52. The van der Waals surface area contributed by atoms with Gasteiger partial charge in [-0.2, -0.15) is 0 Å². The molecule has 0 atom stereocenters. The number of nitrogen functional groups attached to an aromatic ring is 1. The summed E-state index contributed by atoms with van der Waals surface area (Å²) in [7, 11) is 1.87. The Balaban J connectivity index is 2.17. The summed E-state index contributed by atoms with van der Waals surface area (Å²) >= 11 is 0. The number of nitrogens with zero attached hydrogens (tertiary/aromatic N) is 5. The summed E-state index contributed by atoms with van der Waals surface area (Å²) in [6, 6.07) is 7.45. The van der Waals surface area contributed by atoms with E-state index in [4.69, 9.17) is 11.1 Å². The average Bonchev–Trinajstić information content (AvgIpc) is 2.88. The van der Waals surface area contributed by atoms with Crippen molar-refractivity contribution in [1.82, 2.24) is 19.6 Å². The van der Waals surface area contributed by atoms with Crippen LogP contribution in [0.2, 0.25) is 0 Å². The van der Waals surface area contributed by atoms with Crippen molar-refractivity contribution >= 4 is 23.0 Å². The van der Waals surface area contributed by atoms with Gasteiger partial charge in [0.1, 0.15) is 11.7 Å². The van der Waals surface area contributed by atoms with E-state index in [1.54, 1.807) is 6.20 Å². The Morgan fingerprint density at radius 1 is 1.29 bits per heavy atom. The lowest BCUT2D eigenvalue weighted by atomic mass is 10.1. The number of hydrogen-bond donors (Lipinski definition) is 2. The Kier molecular flexibility index (Phi) is 3.02. The number of nitrogens with one attached hydrogen (secondary N) is 1. The molecular formula is C14H15N7. The SMILES string of the molecule is Cc1nnc2c(N(C)c3ccccc3C(=N)N)nccn12. The van der Waals surface area contributed by atoms with Crippen molar-refractivity contribution in [2.75, 3.05) is 11.9 Å². The molecule has 1 aromatic carbocycles. The van der Waals surface area contributed by atoms with Crippen LogP contribution in [0, 0.1) is 12.3 Å². The lowest BCUT2D eigenvalue weighted by Gasteiger charge is -2.21. The number of amidine groups is 1. The number of nitrogens with two attached hydrogens (primary N) is 1. The Morgan fingerprint density at radius 3 is 2.81 bits per heavy atom. The number of anilines is 2. The summed E-state index contributed by atoms with van der Waals surface area (Å²) in [4.78, 5) is 6.25. The third-order valence-electron chi connectivity index (χ3n) is 3.35. The van der Waals surface area contributed by atoms with Crippen molar-refractivity contribution in [3.63, 3.8) is 0 Å². The third-order valence-corrected chi connectivity index (χ3v) is 3.35. The van der Waals surface area contributed by atoms with E-state index in [0.29, 0.717) is 17.0 Å². The lowest BCUT2D eigenvalue weighted by molar-refractivity contribution is 0.998. The topological polar surface area (TPSA) is 96.2 Å². The highest BCUT2D eigenvalue weighted by molar-refractivity contribution is 6.01. The molecule has 3 N–H and O–H groups in total. The van der Waals surface area contributed by atoms with Crippen LogP contribution in [0.3, 0.4) is 0 Å². The van der Waals surface area contributed by atoms with E-state index in [-0.39, 0.29) is 5.84 Å². The van der Waals surface area contributed by atoms with Gasteiger partial charge in [-0.15, -0.1) is 10.2 Å². The minimum Gasteiger partial charge on any atom is -0.384 e. The zero-order chi connectivity index (χ0) is 15.0. The van der Waals surface area contributed by atoms with E-state index >= 15 is 0 Å². The number of rotatable bonds is 3. The molecule has 0 fully saturated rings. The average molecular weight is 281 g/mol. The number of aryl methyl sites for hydroxylation is 1. The highest BCUT2D eigenvalue weighted by atomic mass is 15.3. The molecule has 2 aromatic heterocycles. The zero-order valence-corrected chi connectivity index (χ0v) is 11.8. The molecule has 0 amide bonds. The van der Waals surface area contributed by atoms with Gasteiger partial charge in [-0.25, -0.2) is 4.98 Å². The first kappa shape index (κ1) is 13.0. The molecule has 21 heavy (non-hydrogen) atoms. The third kappa shape index (κ3) is 2.08. The van der Waals surface area contributed by atoms with Crippen LogP contribution in [-0.2, 0) is 0 Å². The van der Waals surface area contributed by atoms with E-state index in [1.807, 2.05) is 53.7 Å². The van der Waals surface area contributed by atoms with Crippen molar-refractivity contribution in [2.45, 2.75) is 6.92 Å². The first-order valence-corrected chi connectivity index (χ1v) is 6.43. The summed E-state index contributed by atoms with van der Waals surface area (Å²) in [5, 5.41) is 15.9. The number of aromatic nitrogens is 4. The predicted octanol–water partition coefficient (Wildman–Crippen LogP) is 1.48. The molecule has 0 saturated heterocycles. The van der Waals surface area contributed by atoms with Gasteiger partial charge in [-0.3, -0.25) is 9.81 Å². The smallest absolute Gasteiger partial charge is 0.204 e. The minimum atomic E-state index is 0.0158. The molecule has 106 valence electrons. The van der Waals surface area contributed by atoms with Gasteiger partial charge in [0, 0.05) is 25.0 Å². The van der Waals surface area contributed by atoms with Gasteiger partial charge >= 0.3 is 0 Å². The van der Waals surface area contributed by atoms with Crippen molar-refractivity contribution in [2.24, 2.45) is 5.73 Å². The second-order valence-electron chi connectivity index (χ2n) is 4.68. The van der Waals surface area contributed by atoms with Crippen molar-refractivity contribution < 1.29 is 0 Å². The molecule has 0 aliphatic carbocycles. The monoisotopic (exact) mass is 281 g/mol. The quantitative estimate of drug-likeness (QED) is 0.560. The fraction of sp³-hybridized carbons (Fsp3) is 0.143. The van der Waals surface area contributed by atoms with Crippen molar-refractivity contribution in [3.05, 3.63) is 48.0 Å². The van der Waals surface area contributed by atoms with Crippen molar-refractivity contribution in [3.8, 4) is 0 Å². The highest BCUT2D eigenvalue weighted by Crippen LogP contribution is 2.27. The number of fused-ring (bicyclic) bond motifs is 1. The Bertz CT molecular complexity index is 821. The molecule has 0 bridgehead atoms. The molecule has 7 heteroatoms. The molecule has 0 unspecified atom stereocenters. The van der Waals surface area contributed by atoms with Gasteiger partial charge in [0.15, 0.2) is 5.82 Å². The Hall–Kier alpha value is -2.96. The second-order valence-corrected chi connectivity index (χ2v) is 4.68.